The van der Waals surface area contributed by atoms with Crippen molar-refractivity contribution in [2.75, 3.05) is 0 Å². The minimum Gasteiger partial charge on any atom is -0.481 e. The van der Waals surface area contributed by atoms with Crippen LogP contribution in [0.5, 0.6) is 0 Å². The van der Waals surface area contributed by atoms with E-state index in [0.29, 0.717) is 23.6 Å². The number of benzene rings is 1. The van der Waals surface area contributed by atoms with Crippen molar-refractivity contribution < 1.29 is 15.1 Å². The lowest BCUT2D eigenvalue weighted by molar-refractivity contribution is -0.136. The Hall–Kier alpha value is -2.74. The van der Waals surface area contributed by atoms with Crippen molar-refractivity contribution in [3.8, 4) is 0 Å². The number of rotatable bonds is 6. The van der Waals surface area contributed by atoms with E-state index in [0.717, 1.165) is 18.4 Å². The number of aromatic nitrogens is 2. The van der Waals surface area contributed by atoms with Crippen LogP contribution in [0, 0.1) is 0 Å². The normalized spacial score (nSPS) is 26.3. The molecule has 1 aromatic carbocycles. The van der Waals surface area contributed by atoms with Crippen molar-refractivity contribution in [3.63, 3.8) is 0 Å². The first kappa shape index (κ1) is 26.9. The molecule has 3 fully saturated rings. The fraction of sp³-hybridized carbons (Fsp3) is 0.667. The van der Waals surface area contributed by atoms with Crippen LogP contribution in [-0.4, -0.2) is 54.6 Å². The highest BCUT2D eigenvalue weighted by Crippen LogP contribution is 2.42. The Labute approximate surface area is 224 Å². The fourth-order valence-corrected chi connectivity index (χ4v) is 7.43. The first-order valence-corrected chi connectivity index (χ1v) is 14.8. The minimum absolute atomic E-state index is 0.0380. The van der Waals surface area contributed by atoms with Crippen molar-refractivity contribution in [1.29, 1.82) is 0 Å². The first-order valence-electron chi connectivity index (χ1n) is 14.8. The zero-order valence-electron chi connectivity index (χ0n) is 22.4. The highest BCUT2D eigenvalue weighted by Gasteiger charge is 2.42. The molecule has 2 N–H and O–H groups in total. The number of hydrogen-bond acceptors (Lipinski definition) is 6. The van der Waals surface area contributed by atoms with Crippen molar-refractivity contribution in [1.82, 2.24) is 14.5 Å². The van der Waals surface area contributed by atoms with Crippen molar-refractivity contribution in [2.45, 2.75) is 127 Å². The number of carboxylic acid groups (broad SMARTS) is 1. The number of para-hydroxylation sites is 2. The summed E-state index contributed by atoms with van der Waals surface area (Å²) >= 11 is 0. The summed E-state index contributed by atoms with van der Waals surface area (Å²) in [7, 11) is 0. The van der Waals surface area contributed by atoms with Crippen LogP contribution in [0.4, 0.5) is 0 Å². The third kappa shape index (κ3) is 5.80. The lowest BCUT2D eigenvalue weighted by atomic mass is 9.79. The second-order valence-corrected chi connectivity index (χ2v) is 11.6. The van der Waals surface area contributed by atoms with Gasteiger partial charge in [0.25, 0.3) is 5.56 Å². The Morgan fingerprint density at radius 2 is 1.45 bits per heavy atom. The summed E-state index contributed by atoms with van der Waals surface area (Å²) < 4.78 is 1.89. The van der Waals surface area contributed by atoms with Crippen LogP contribution in [0.15, 0.2) is 34.2 Å². The summed E-state index contributed by atoms with van der Waals surface area (Å²) in [5, 5.41) is 22.1. The van der Waals surface area contributed by atoms with Gasteiger partial charge in [-0.2, -0.15) is 0 Å². The number of aliphatic carboxylic acids is 1. The number of oxime groups is 1. The molecular formula is C30H42N4O4. The molecule has 1 aliphatic carbocycles. The van der Waals surface area contributed by atoms with E-state index in [1.165, 1.54) is 77.0 Å². The average Bonchev–Trinajstić information content (AvgIpc) is 2.91. The Morgan fingerprint density at radius 1 is 0.842 bits per heavy atom. The number of hydrogen-bond donors (Lipinski definition) is 2. The molecule has 2 bridgehead atoms. The van der Waals surface area contributed by atoms with Gasteiger partial charge in [-0.15, -0.1) is 0 Å². The third-order valence-electron chi connectivity index (χ3n) is 9.13. The van der Waals surface area contributed by atoms with E-state index in [9.17, 15) is 14.8 Å². The molecule has 0 radical (unpaired) electrons. The molecule has 3 atom stereocenters. The lowest BCUT2D eigenvalue weighted by Gasteiger charge is -2.53. The van der Waals surface area contributed by atoms with Crippen LogP contribution >= 0.6 is 0 Å². The Morgan fingerprint density at radius 3 is 2.08 bits per heavy atom. The summed E-state index contributed by atoms with van der Waals surface area (Å²) in [6.45, 7) is 0. The molecule has 1 unspecified atom stereocenters. The van der Waals surface area contributed by atoms with Gasteiger partial charge in [-0.05, 0) is 50.7 Å². The maximum atomic E-state index is 13.9. The molecule has 38 heavy (non-hydrogen) atoms. The molecule has 5 rings (SSSR count). The molecule has 2 saturated heterocycles. The van der Waals surface area contributed by atoms with E-state index in [1.807, 2.05) is 28.8 Å². The van der Waals surface area contributed by atoms with Crippen LogP contribution in [-0.2, 0) is 4.79 Å². The van der Waals surface area contributed by atoms with E-state index in [4.69, 9.17) is 5.11 Å². The average molecular weight is 523 g/mol. The molecule has 2 aliphatic heterocycles. The summed E-state index contributed by atoms with van der Waals surface area (Å²) in [6.07, 6.45) is 17.2. The summed E-state index contributed by atoms with van der Waals surface area (Å²) in [4.78, 5) is 32.5. The molecule has 2 aromatic rings. The van der Waals surface area contributed by atoms with E-state index >= 15 is 0 Å². The van der Waals surface area contributed by atoms with Gasteiger partial charge < -0.3 is 14.9 Å². The lowest BCUT2D eigenvalue weighted by Crippen LogP contribution is -2.57. The van der Waals surface area contributed by atoms with E-state index in [-0.39, 0.29) is 35.8 Å². The third-order valence-corrected chi connectivity index (χ3v) is 9.13. The van der Waals surface area contributed by atoms with Crippen LogP contribution in [0.3, 0.4) is 0 Å². The molecule has 3 aliphatic rings. The minimum atomic E-state index is -1.01. The molecule has 1 saturated carbocycles. The fourth-order valence-electron chi connectivity index (χ4n) is 7.43. The summed E-state index contributed by atoms with van der Waals surface area (Å²) in [5.41, 5.74) is 1.28. The van der Waals surface area contributed by atoms with E-state index in [1.54, 1.807) is 0 Å². The van der Waals surface area contributed by atoms with Crippen molar-refractivity contribution in [2.24, 2.45) is 5.16 Å². The molecule has 8 heteroatoms. The predicted octanol–water partition coefficient (Wildman–Crippen LogP) is 5.89. The molecule has 0 amide bonds. The van der Waals surface area contributed by atoms with Crippen LogP contribution in [0.2, 0.25) is 0 Å². The van der Waals surface area contributed by atoms with Gasteiger partial charge in [-0.1, -0.05) is 68.7 Å². The van der Waals surface area contributed by atoms with Crippen LogP contribution in [0.1, 0.15) is 114 Å². The van der Waals surface area contributed by atoms with Gasteiger partial charge in [-0.3, -0.25) is 14.5 Å². The highest BCUT2D eigenvalue weighted by atomic mass is 16.4. The van der Waals surface area contributed by atoms with Gasteiger partial charge in [0.2, 0.25) is 0 Å². The maximum absolute atomic E-state index is 13.9. The number of fused-ring (bicyclic) bond motifs is 3. The quantitative estimate of drug-likeness (QED) is 0.278. The smallest absolute Gasteiger partial charge is 0.303 e. The molecule has 206 valence electrons. The largest absolute Gasteiger partial charge is 0.481 e. The molecule has 3 heterocycles. The van der Waals surface area contributed by atoms with Gasteiger partial charge in [0, 0.05) is 30.6 Å². The van der Waals surface area contributed by atoms with Crippen LogP contribution < -0.4 is 5.56 Å². The summed E-state index contributed by atoms with van der Waals surface area (Å²) in [5.74, 6) is -1.01. The Kier molecular flexibility index (Phi) is 8.77. The Balaban J connectivity index is 1.47. The number of carbonyl (C=O) groups is 1. The molecule has 1 aromatic heterocycles. The van der Waals surface area contributed by atoms with Gasteiger partial charge in [0.05, 0.1) is 17.5 Å². The second kappa shape index (κ2) is 12.4. The monoisotopic (exact) mass is 522 g/mol. The SMILES string of the molecule is O=C(O)CC/C(=N\O)c1nc2ccccc2n([C@@H]2CC3CCC[C@H](C2)N3C2CCCCCCCCC2)c1=O. The predicted molar refractivity (Wildman–Crippen MR) is 148 cm³/mol. The standard InChI is InChI=1S/C30H42N4O4/c35-28(36)18-17-26(32-38)29-30(37)34(27-16-9-8-15-25(27)31-29)24-19-22-13-10-14-23(20-24)33(22)21-11-6-4-2-1-3-5-7-12-21/h8-9,15-16,21-24,38H,1-7,10-14,17-20H2,(H,35,36)/b32-26+/t22-,23?,24+/m1/s1. The highest BCUT2D eigenvalue weighted by molar-refractivity contribution is 6.00. The zero-order valence-corrected chi connectivity index (χ0v) is 22.4. The molecule has 8 nitrogen and oxygen atoms in total. The molecular weight excluding hydrogens is 480 g/mol. The second-order valence-electron chi connectivity index (χ2n) is 11.6. The maximum Gasteiger partial charge on any atom is 0.303 e. The molecule has 0 spiro atoms. The number of nitrogens with zero attached hydrogens (tertiary/aromatic N) is 4. The van der Waals surface area contributed by atoms with Crippen molar-refractivity contribution >= 4 is 22.7 Å². The topological polar surface area (TPSA) is 108 Å². The van der Waals surface area contributed by atoms with Gasteiger partial charge in [-0.25, -0.2) is 4.98 Å². The Bertz CT molecular complexity index is 1180. The number of piperidine rings is 2. The van der Waals surface area contributed by atoms with Crippen LogP contribution in [0.25, 0.3) is 11.0 Å². The van der Waals surface area contributed by atoms with Crippen molar-refractivity contribution in [3.05, 3.63) is 40.3 Å². The van der Waals surface area contributed by atoms with Gasteiger partial charge in [0.15, 0.2) is 5.69 Å². The summed E-state index contributed by atoms with van der Waals surface area (Å²) in [6, 6.07) is 9.27. The van der Waals surface area contributed by atoms with E-state index < -0.39 is 5.97 Å². The first-order chi connectivity index (χ1) is 18.6. The van der Waals surface area contributed by atoms with E-state index in [2.05, 4.69) is 15.0 Å². The zero-order chi connectivity index (χ0) is 26.5. The number of carboxylic acids is 1. The van der Waals surface area contributed by atoms with Gasteiger partial charge >= 0.3 is 5.97 Å². The van der Waals surface area contributed by atoms with Gasteiger partial charge in [0.1, 0.15) is 5.71 Å².